The van der Waals surface area contributed by atoms with Gasteiger partial charge in [-0.3, -0.25) is 0 Å². The van der Waals surface area contributed by atoms with Gasteiger partial charge < -0.3 is 34.1 Å². The van der Waals surface area contributed by atoms with Crippen LogP contribution in [0, 0.1) is 0 Å². The maximum Gasteiger partial charge on any atom is 0.317 e. The van der Waals surface area contributed by atoms with E-state index < -0.39 is 0 Å². The molecular formula is C21H25N3O5. The third kappa shape index (κ3) is 4.11. The van der Waals surface area contributed by atoms with Crippen molar-refractivity contribution in [1.82, 2.24) is 10.2 Å². The Bertz CT molecular complexity index is 881. The number of piperazine rings is 1. The molecule has 0 unspecified atom stereocenters. The lowest BCUT2D eigenvalue weighted by molar-refractivity contribution is 0.174. The first-order valence-electron chi connectivity index (χ1n) is 9.56. The Balaban J connectivity index is 1.29. The molecule has 2 aromatic carbocycles. The number of ether oxygens (including phenoxy) is 4. The zero-order valence-electron chi connectivity index (χ0n) is 16.6. The number of anilines is 1. The van der Waals surface area contributed by atoms with Gasteiger partial charge in [0.15, 0.2) is 23.0 Å². The van der Waals surface area contributed by atoms with Gasteiger partial charge in [0.05, 0.1) is 14.2 Å². The lowest BCUT2D eigenvalue weighted by Gasteiger charge is -2.36. The third-order valence-electron chi connectivity index (χ3n) is 5.18. The molecule has 0 radical (unpaired) electrons. The van der Waals surface area contributed by atoms with Crippen LogP contribution in [0.2, 0.25) is 0 Å². The maximum atomic E-state index is 12.5. The highest BCUT2D eigenvalue weighted by atomic mass is 16.7. The highest BCUT2D eigenvalue weighted by Gasteiger charge is 2.22. The number of urea groups is 1. The minimum Gasteiger partial charge on any atom is -0.493 e. The molecule has 2 aromatic rings. The Hall–Kier alpha value is -3.29. The van der Waals surface area contributed by atoms with Gasteiger partial charge in [0.25, 0.3) is 0 Å². The molecule has 2 aliphatic rings. The fourth-order valence-corrected chi connectivity index (χ4v) is 3.53. The number of carbonyl (C=O) groups is 1. The van der Waals surface area contributed by atoms with E-state index in [0.29, 0.717) is 31.1 Å². The van der Waals surface area contributed by atoms with Crippen LogP contribution in [0.3, 0.4) is 0 Å². The van der Waals surface area contributed by atoms with Crippen molar-refractivity contribution in [3.8, 4) is 23.0 Å². The molecule has 0 atom stereocenters. The van der Waals surface area contributed by atoms with Crippen molar-refractivity contribution in [2.75, 3.05) is 52.1 Å². The number of hydrogen-bond acceptors (Lipinski definition) is 6. The predicted molar refractivity (Wildman–Crippen MR) is 108 cm³/mol. The number of amides is 2. The van der Waals surface area contributed by atoms with Crippen molar-refractivity contribution in [3.63, 3.8) is 0 Å². The Kier molecular flexibility index (Phi) is 5.50. The number of rotatable bonds is 5. The van der Waals surface area contributed by atoms with Gasteiger partial charge in [-0.05, 0) is 29.8 Å². The summed E-state index contributed by atoms with van der Waals surface area (Å²) >= 11 is 0. The maximum absolute atomic E-state index is 12.5. The van der Waals surface area contributed by atoms with Gasteiger partial charge in [-0.1, -0.05) is 6.07 Å². The van der Waals surface area contributed by atoms with Crippen LogP contribution < -0.4 is 29.2 Å². The van der Waals surface area contributed by atoms with Crippen LogP contribution in [0.4, 0.5) is 10.5 Å². The molecule has 2 amide bonds. The average Bonchev–Trinajstić information content (AvgIpc) is 3.25. The van der Waals surface area contributed by atoms with Gasteiger partial charge in [-0.25, -0.2) is 4.79 Å². The van der Waals surface area contributed by atoms with Gasteiger partial charge in [0, 0.05) is 44.5 Å². The van der Waals surface area contributed by atoms with Crippen molar-refractivity contribution in [2.45, 2.75) is 6.54 Å². The topological polar surface area (TPSA) is 72.5 Å². The van der Waals surface area contributed by atoms with E-state index in [1.54, 1.807) is 14.2 Å². The number of benzene rings is 2. The van der Waals surface area contributed by atoms with Gasteiger partial charge in [-0.15, -0.1) is 0 Å². The summed E-state index contributed by atoms with van der Waals surface area (Å²) in [6.07, 6.45) is 0. The van der Waals surface area contributed by atoms with Gasteiger partial charge in [0.2, 0.25) is 6.79 Å². The number of fused-ring (bicyclic) bond motifs is 1. The fraction of sp³-hybridized carbons (Fsp3) is 0.381. The lowest BCUT2D eigenvalue weighted by atomic mass is 10.2. The molecular weight excluding hydrogens is 374 g/mol. The van der Waals surface area contributed by atoms with E-state index in [1.165, 1.54) is 0 Å². The van der Waals surface area contributed by atoms with E-state index in [-0.39, 0.29) is 12.8 Å². The van der Waals surface area contributed by atoms with E-state index in [4.69, 9.17) is 18.9 Å². The quantitative estimate of drug-likeness (QED) is 0.833. The van der Waals surface area contributed by atoms with E-state index in [1.807, 2.05) is 41.3 Å². The SMILES string of the molecule is COc1ccc(N2CCN(C(=O)NCc3ccc4c(c3)OCO4)CC2)cc1OC. The van der Waals surface area contributed by atoms with Crippen molar-refractivity contribution in [2.24, 2.45) is 0 Å². The molecule has 0 saturated carbocycles. The van der Waals surface area contributed by atoms with Gasteiger partial charge in [-0.2, -0.15) is 0 Å². The summed E-state index contributed by atoms with van der Waals surface area (Å²) in [5.74, 6) is 2.87. The minimum atomic E-state index is -0.0605. The first-order valence-corrected chi connectivity index (χ1v) is 9.56. The summed E-state index contributed by atoms with van der Waals surface area (Å²) in [4.78, 5) is 16.6. The molecule has 8 nitrogen and oxygen atoms in total. The fourth-order valence-electron chi connectivity index (χ4n) is 3.53. The lowest BCUT2D eigenvalue weighted by Crippen LogP contribution is -2.51. The molecule has 0 bridgehead atoms. The third-order valence-corrected chi connectivity index (χ3v) is 5.18. The smallest absolute Gasteiger partial charge is 0.317 e. The average molecular weight is 399 g/mol. The molecule has 4 rings (SSSR count). The Morgan fingerprint density at radius 2 is 1.72 bits per heavy atom. The summed E-state index contributed by atoms with van der Waals surface area (Å²) < 4.78 is 21.4. The van der Waals surface area contributed by atoms with Crippen LogP contribution in [0.25, 0.3) is 0 Å². The van der Waals surface area contributed by atoms with E-state index in [0.717, 1.165) is 35.8 Å². The highest BCUT2D eigenvalue weighted by Crippen LogP contribution is 2.33. The zero-order valence-corrected chi connectivity index (χ0v) is 16.6. The molecule has 0 spiro atoms. The van der Waals surface area contributed by atoms with Crippen LogP contribution in [-0.2, 0) is 6.54 Å². The number of carbonyl (C=O) groups excluding carboxylic acids is 1. The van der Waals surface area contributed by atoms with Crippen LogP contribution in [-0.4, -0.2) is 58.1 Å². The molecule has 2 aliphatic heterocycles. The van der Waals surface area contributed by atoms with Crippen molar-refractivity contribution < 1.29 is 23.7 Å². The second-order valence-electron chi connectivity index (χ2n) is 6.86. The molecule has 154 valence electrons. The standard InChI is InChI=1S/C21H25N3O5/c1-26-17-6-4-16(12-19(17)27-2)23-7-9-24(10-8-23)21(25)22-13-15-3-5-18-20(11-15)29-14-28-18/h3-6,11-12H,7-10,13-14H2,1-2H3,(H,22,25). The van der Waals surface area contributed by atoms with Gasteiger partial charge in [0.1, 0.15) is 0 Å². The summed E-state index contributed by atoms with van der Waals surface area (Å²) in [5.41, 5.74) is 2.04. The Morgan fingerprint density at radius 1 is 0.966 bits per heavy atom. The Morgan fingerprint density at radius 3 is 2.48 bits per heavy atom. The monoisotopic (exact) mass is 399 g/mol. The van der Waals surface area contributed by atoms with E-state index in [9.17, 15) is 4.79 Å². The van der Waals surface area contributed by atoms with Crippen molar-refractivity contribution >= 4 is 11.7 Å². The molecule has 1 N–H and O–H groups in total. The number of methoxy groups -OCH3 is 2. The summed E-state index contributed by atoms with van der Waals surface area (Å²) in [7, 11) is 3.25. The molecule has 29 heavy (non-hydrogen) atoms. The molecule has 0 aliphatic carbocycles. The normalized spacial score (nSPS) is 15.2. The molecule has 0 aromatic heterocycles. The Labute approximate surface area is 169 Å². The second kappa shape index (κ2) is 8.38. The van der Waals surface area contributed by atoms with Crippen molar-refractivity contribution in [1.29, 1.82) is 0 Å². The first-order chi connectivity index (χ1) is 14.2. The molecule has 8 heteroatoms. The van der Waals surface area contributed by atoms with Gasteiger partial charge >= 0.3 is 6.03 Å². The summed E-state index contributed by atoms with van der Waals surface area (Å²) in [5, 5.41) is 2.98. The molecule has 1 saturated heterocycles. The molecule has 1 fully saturated rings. The van der Waals surface area contributed by atoms with Crippen molar-refractivity contribution in [3.05, 3.63) is 42.0 Å². The number of nitrogens with one attached hydrogen (secondary N) is 1. The predicted octanol–water partition coefficient (Wildman–Crippen LogP) is 2.46. The minimum absolute atomic E-state index is 0.0605. The largest absolute Gasteiger partial charge is 0.493 e. The zero-order chi connectivity index (χ0) is 20.2. The van der Waals surface area contributed by atoms with Crippen LogP contribution in [0.5, 0.6) is 23.0 Å². The first kappa shape index (κ1) is 19.0. The summed E-state index contributed by atoms with van der Waals surface area (Å²) in [6.45, 7) is 3.52. The van der Waals surface area contributed by atoms with Crippen LogP contribution >= 0.6 is 0 Å². The van der Waals surface area contributed by atoms with E-state index >= 15 is 0 Å². The van der Waals surface area contributed by atoms with E-state index in [2.05, 4.69) is 10.2 Å². The highest BCUT2D eigenvalue weighted by molar-refractivity contribution is 5.74. The van der Waals surface area contributed by atoms with Crippen LogP contribution in [0.1, 0.15) is 5.56 Å². The number of hydrogen-bond donors (Lipinski definition) is 1. The second-order valence-corrected chi connectivity index (χ2v) is 6.86. The summed E-state index contributed by atoms with van der Waals surface area (Å²) in [6, 6.07) is 11.5. The van der Waals surface area contributed by atoms with Crippen LogP contribution in [0.15, 0.2) is 36.4 Å². The number of nitrogens with zero attached hydrogens (tertiary/aromatic N) is 2. The molecule has 2 heterocycles.